The molecule has 0 aliphatic carbocycles. The van der Waals surface area contributed by atoms with Crippen molar-refractivity contribution in [2.45, 2.75) is 157 Å². The molecular weight excluding hydrogens is 1130 g/mol. The first-order valence-electron chi connectivity index (χ1n) is 29.7. The SMILES string of the molecule is CCCCc1cc2c(-c3cc(C(C)(C)C)cc(C(C)(C)C)c3)c(-c3ccccc3)ccc2[cH-]1.CCCCc1cc2c(-c3cc(C(C)(C)C)cc(C(C)(C)C)c3)c(-c3ccccc3)ccc2[cH-]1.[Cl][Zr][Cl].[c-]1cccc2c1[Si]c1ccccc1-2. The average molecular weight is 1210 g/mol. The Morgan fingerprint density at radius 3 is 1.18 bits per heavy atom. The van der Waals surface area contributed by atoms with Crippen LogP contribution in [-0.2, 0) is 55.3 Å². The molecule has 4 heteroatoms. The first kappa shape index (κ1) is 62.7. The largest absolute Gasteiger partial charge is 0.184 e. The summed E-state index contributed by atoms with van der Waals surface area (Å²) in [5.41, 5.74) is 22.3. The Morgan fingerprint density at radius 1 is 0.415 bits per heavy atom. The summed E-state index contributed by atoms with van der Waals surface area (Å²) in [5, 5.41) is 8.30. The Morgan fingerprint density at radius 2 is 0.793 bits per heavy atom. The molecule has 0 spiro atoms. The van der Waals surface area contributed by atoms with Crippen molar-refractivity contribution < 1.29 is 20.8 Å². The van der Waals surface area contributed by atoms with Crippen LogP contribution in [0.3, 0.4) is 0 Å². The number of hydrogen-bond acceptors (Lipinski definition) is 0. The van der Waals surface area contributed by atoms with Gasteiger partial charge in [-0.15, -0.1) is 62.5 Å². The van der Waals surface area contributed by atoms with Crippen LogP contribution >= 0.6 is 17.0 Å². The minimum atomic E-state index is -0.826. The van der Waals surface area contributed by atoms with E-state index in [1.807, 2.05) is 6.07 Å². The Labute approximate surface area is 515 Å². The molecular formula is C78H85Cl2SiZr-3. The van der Waals surface area contributed by atoms with Gasteiger partial charge in [-0.3, -0.25) is 0 Å². The maximum absolute atomic E-state index is 4.93. The molecule has 1 aliphatic rings. The van der Waals surface area contributed by atoms with Crippen molar-refractivity contribution >= 4 is 58.5 Å². The molecule has 422 valence electrons. The summed E-state index contributed by atoms with van der Waals surface area (Å²) in [5.74, 6) is 0. The summed E-state index contributed by atoms with van der Waals surface area (Å²) in [7, 11) is 10.7. The van der Waals surface area contributed by atoms with Gasteiger partial charge in [-0.2, -0.15) is 41.6 Å². The second-order valence-corrected chi connectivity index (χ2v) is 31.5. The van der Waals surface area contributed by atoms with E-state index in [0.717, 1.165) is 22.4 Å². The third-order valence-electron chi connectivity index (χ3n) is 15.9. The summed E-state index contributed by atoms with van der Waals surface area (Å²) in [6, 6.07) is 73.5. The molecule has 2 radical (unpaired) electrons. The standard InChI is InChI=1S/2C33H39.C12H7Si.2ClH.Zr/c2*1-8-9-13-23-18-25-16-17-29(24-14-11-10-12-15-24)31(30(25)19-23)26-20-27(32(2,3)4)22-28(21-26)33(5,6)7;1-3-7-11-9(5-1)10-6-2-4-8-12(10)13-11;;;/h2*10-12,14-22H,8-9,13H2,1-7H3;1-7H;2*1H;/q3*-1;;;+2/p-2. The van der Waals surface area contributed by atoms with E-state index in [0.29, 0.717) is 0 Å². The Bertz CT molecular complexity index is 3410. The molecule has 10 aromatic carbocycles. The predicted octanol–water partition coefficient (Wildman–Crippen LogP) is 22.2. The first-order valence-corrected chi connectivity index (χ1v) is 37.1. The molecule has 11 rings (SSSR count). The quantitative estimate of drug-likeness (QED) is 0.0946. The van der Waals surface area contributed by atoms with Gasteiger partial charge < -0.3 is 0 Å². The number of hydrogen-bond donors (Lipinski definition) is 0. The van der Waals surface area contributed by atoms with Gasteiger partial charge in [0, 0.05) is 0 Å². The van der Waals surface area contributed by atoms with Crippen molar-refractivity contribution in [2.75, 3.05) is 0 Å². The van der Waals surface area contributed by atoms with Crippen molar-refractivity contribution in [3.05, 3.63) is 228 Å². The van der Waals surface area contributed by atoms with Gasteiger partial charge in [0.1, 0.15) is 0 Å². The van der Waals surface area contributed by atoms with Gasteiger partial charge >= 0.3 is 37.9 Å². The van der Waals surface area contributed by atoms with Crippen LogP contribution in [0.15, 0.2) is 188 Å². The predicted molar refractivity (Wildman–Crippen MR) is 360 cm³/mol. The van der Waals surface area contributed by atoms with E-state index in [2.05, 4.69) is 285 Å². The van der Waals surface area contributed by atoms with Gasteiger partial charge in [0.05, 0.1) is 9.52 Å². The monoisotopic (exact) mass is 1210 g/mol. The maximum Gasteiger partial charge on any atom is 0.0920 e. The van der Waals surface area contributed by atoms with Crippen molar-refractivity contribution in [2.24, 2.45) is 0 Å². The Balaban J connectivity index is 0.000000169. The minimum Gasteiger partial charge on any atom is -0.184 e. The van der Waals surface area contributed by atoms with E-state index in [1.54, 1.807) is 0 Å². The molecule has 0 unspecified atom stereocenters. The molecule has 0 atom stereocenters. The van der Waals surface area contributed by atoms with Crippen LogP contribution in [0, 0.1) is 6.07 Å². The summed E-state index contributed by atoms with van der Waals surface area (Å²) >= 11 is -0.826. The topological polar surface area (TPSA) is 0 Å². The molecule has 82 heavy (non-hydrogen) atoms. The van der Waals surface area contributed by atoms with Gasteiger partial charge in [0.2, 0.25) is 0 Å². The number of fused-ring (bicyclic) bond motifs is 5. The van der Waals surface area contributed by atoms with E-state index in [1.165, 1.54) is 147 Å². The maximum atomic E-state index is 4.93. The summed E-state index contributed by atoms with van der Waals surface area (Å²) in [4.78, 5) is 0. The zero-order valence-electron chi connectivity index (χ0n) is 51.4. The van der Waals surface area contributed by atoms with Crippen LogP contribution in [-0.4, -0.2) is 9.52 Å². The number of aryl methyl sites for hydroxylation is 2. The molecule has 0 saturated heterocycles. The molecule has 1 heterocycles. The van der Waals surface area contributed by atoms with E-state index >= 15 is 0 Å². The fraction of sp³-hybridized carbons (Fsp3) is 0.308. The summed E-state index contributed by atoms with van der Waals surface area (Å²) in [6.45, 7) is 32.4. The van der Waals surface area contributed by atoms with E-state index in [4.69, 9.17) is 17.0 Å². The average Bonchev–Trinajstić information content (AvgIpc) is 4.33. The second kappa shape index (κ2) is 27.1. The number of rotatable bonds is 10. The smallest absolute Gasteiger partial charge is 0.0920 e. The van der Waals surface area contributed by atoms with Gasteiger partial charge in [0.25, 0.3) is 0 Å². The van der Waals surface area contributed by atoms with Crippen molar-refractivity contribution in [3.63, 3.8) is 0 Å². The molecule has 1 aliphatic heterocycles. The van der Waals surface area contributed by atoms with Gasteiger partial charge in [0.15, 0.2) is 0 Å². The van der Waals surface area contributed by atoms with Crippen molar-refractivity contribution in [1.29, 1.82) is 0 Å². The van der Waals surface area contributed by atoms with E-state index < -0.39 is 20.8 Å². The van der Waals surface area contributed by atoms with Crippen LogP contribution in [0.1, 0.15) is 156 Å². The number of halogens is 2. The van der Waals surface area contributed by atoms with E-state index in [-0.39, 0.29) is 21.7 Å². The molecule has 0 bridgehead atoms. The first-order chi connectivity index (χ1) is 39.0. The molecule has 0 aromatic heterocycles. The third-order valence-corrected chi connectivity index (χ3v) is 17.3. The minimum absolute atomic E-state index is 0.0924. The van der Waals surface area contributed by atoms with Crippen LogP contribution in [0.4, 0.5) is 0 Å². The van der Waals surface area contributed by atoms with E-state index in [9.17, 15) is 0 Å². The van der Waals surface area contributed by atoms with Gasteiger partial charge in [-0.05, 0) is 90.1 Å². The zero-order valence-corrected chi connectivity index (χ0v) is 56.4. The number of unbranched alkanes of at least 4 members (excludes halogenated alkanes) is 2. The van der Waals surface area contributed by atoms with Crippen LogP contribution in [0.25, 0.3) is 77.2 Å². The van der Waals surface area contributed by atoms with Crippen LogP contribution in [0.5, 0.6) is 0 Å². The third kappa shape index (κ3) is 15.3. The molecule has 0 fully saturated rings. The second-order valence-electron chi connectivity index (χ2n) is 26.4. The van der Waals surface area contributed by atoms with Crippen molar-refractivity contribution in [1.82, 2.24) is 0 Å². The molecule has 0 saturated carbocycles. The van der Waals surface area contributed by atoms with Gasteiger partial charge in [-0.1, -0.05) is 278 Å². The summed E-state index contributed by atoms with van der Waals surface area (Å²) in [6.07, 6.45) is 7.25. The molecule has 10 aromatic rings. The molecule has 0 N–H and O–H groups in total. The van der Waals surface area contributed by atoms with Crippen LogP contribution in [0.2, 0.25) is 0 Å². The van der Waals surface area contributed by atoms with Crippen molar-refractivity contribution in [3.8, 4) is 55.6 Å². The number of benzene rings is 8. The normalized spacial score (nSPS) is 12.1. The Hall–Kier alpha value is -5.34. The Kier molecular flexibility index (Phi) is 20.8. The molecule has 0 nitrogen and oxygen atoms in total. The fourth-order valence-corrected chi connectivity index (χ4v) is 12.4. The fourth-order valence-electron chi connectivity index (χ4n) is 11.1. The zero-order chi connectivity index (χ0) is 59.0. The summed E-state index contributed by atoms with van der Waals surface area (Å²) < 4.78 is 0. The van der Waals surface area contributed by atoms with Crippen LogP contribution < -0.4 is 10.4 Å². The van der Waals surface area contributed by atoms with Gasteiger partial charge in [-0.25, -0.2) is 0 Å². The molecule has 0 amide bonds.